The fourth-order valence-corrected chi connectivity index (χ4v) is 8.39. The van der Waals surface area contributed by atoms with Gasteiger partial charge in [0.05, 0.1) is 17.9 Å². The molecule has 0 aromatic heterocycles. The van der Waals surface area contributed by atoms with Gasteiger partial charge in [-0.2, -0.15) is 8.42 Å². The summed E-state index contributed by atoms with van der Waals surface area (Å²) in [6, 6.07) is -1.15. The van der Waals surface area contributed by atoms with Crippen LogP contribution in [-0.4, -0.2) is 53.1 Å². The van der Waals surface area contributed by atoms with Crippen molar-refractivity contribution in [2.24, 2.45) is 0 Å². The first-order valence-electron chi connectivity index (χ1n) is 24.0. The molecule has 0 saturated carbocycles. The highest BCUT2D eigenvalue weighted by Gasteiger charge is 2.28. The first-order valence-corrected chi connectivity index (χ1v) is 25.6. The molecule has 0 fully saturated rings. The quantitative estimate of drug-likeness (QED) is 0.0276. The third kappa shape index (κ3) is 41.0. The third-order valence-electron chi connectivity index (χ3n) is 11.3. The lowest BCUT2D eigenvalue weighted by Crippen LogP contribution is -2.50. The molecular formula is C47H93NO6S. The maximum Gasteiger partial charge on any atom is 0.266 e. The van der Waals surface area contributed by atoms with Crippen molar-refractivity contribution in [2.75, 3.05) is 5.75 Å². The number of carbonyl (C=O) groups is 1. The topological polar surface area (TPSA) is 124 Å². The minimum absolute atomic E-state index is 0.293. The van der Waals surface area contributed by atoms with Crippen LogP contribution in [0, 0.1) is 0 Å². The maximum atomic E-state index is 12.7. The highest BCUT2D eigenvalue weighted by molar-refractivity contribution is 7.85. The number of amides is 1. The van der Waals surface area contributed by atoms with Gasteiger partial charge in [0.15, 0.2) is 0 Å². The van der Waals surface area contributed by atoms with Crippen LogP contribution < -0.4 is 5.32 Å². The Morgan fingerprint density at radius 1 is 0.473 bits per heavy atom. The number of aliphatic hydroxyl groups is 2. The Labute approximate surface area is 342 Å². The molecule has 0 aromatic rings. The fraction of sp³-hybridized carbons (Fsp3) is 0.936. The normalized spacial score (nSPS) is 13.8. The zero-order chi connectivity index (χ0) is 40.5. The molecule has 55 heavy (non-hydrogen) atoms. The Balaban J connectivity index is 3.88. The molecule has 8 heteroatoms. The molecular weight excluding hydrogens is 707 g/mol. The first-order chi connectivity index (χ1) is 26.7. The highest BCUT2D eigenvalue weighted by Crippen LogP contribution is 2.17. The van der Waals surface area contributed by atoms with E-state index < -0.39 is 40.0 Å². The smallest absolute Gasteiger partial charge is 0.266 e. The number of hydrogen-bond acceptors (Lipinski definition) is 5. The lowest BCUT2D eigenvalue weighted by atomic mass is 10.0. The number of carbonyl (C=O) groups excluding carboxylic acids is 1. The molecule has 0 radical (unpaired) electrons. The first kappa shape index (κ1) is 54.0. The van der Waals surface area contributed by atoms with Crippen molar-refractivity contribution in [1.29, 1.82) is 0 Å². The molecule has 7 nitrogen and oxygen atoms in total. The molecule has 3 unspecified atom stereocenters. The molecule has 3 atom stereocenters. The van der Waals surface area contributed by atoms with Crippen LogP contribution in [0.1, 0.15) is 258 Å². The zero-order valence-corrected chi connectivity index (χ0v) is 37.3. The molecule has 328 valence electrons. The Bertz CT molecular complexity index is 942. The summed E-state index contributed by atoms with van der Waals surface area (Å²) >= 11 is 0. The second kappa shape index (κ2) is 41.2. The standard InChI is InChI=1S/C47H93NO6S/c1-3-5-7-9-11-13-15-17-19-21-23-25-27-29-31-33-35-37-39-41-45(49)44(43-55(52,53)54)48-47(51)46(50)42-40-38-36-34-32-30-28-26-24-22-20-18-16-14-12-10-8-6-4-2/h24,26,44-46,49-50H,3-23,25,27-43H2,1-2H3,(H,48,51)(H,52,53,54)/b26-24-. The Morgan fingerprint density at radius 3 is 1.09 bits per heavy atom. The lowest BCUT2D eigenvalue weighted by Gasteiger charge is -2.24. The summed E-state index contributed by atoms with van der Waals surface area (Å²) in [5.74, 6) is -1.45. The van der Waals surface area contributed by atoms with E-state index in [-0.39, 0.29) is 0 Å². The van der Waals surface area contributed by atoms with Gasteiger partial charge in [-0.3, -0.25) is 9.35 Å². The molecule has 0 aliphatic heterocycles. The van der Waals surface area contributed by atoms with E-state index in [1.165, 1.54) is 173 Å². The van der Waals surface area contributed by atoms with E-state index in [0.717, 1.165) is 51.4 Å². The van der Waals surface area contributed by atoms with Crippen LogP contribution >= 0.6 is 0 Å². The van der Waals surface area contributed by atoms with Crippen molar-refractivity contribution in [1.82, 2.24) is 5.32 Å². The molecule has 0 rings (SSSR count). The number of nitrogens with one attached hydrogen (secondary N) is 1. The Kier molecular flexibility index (Phi) is 40.5. The predicted octanol–water partition coefficient (Wildman–Crippen LogP) is 13.5. The SMILES string of the molecule is CCCCCCCCCCC/C=C\CCCCCCCCC(O)C(=O)NC(CS(=O)(=O)O)C(O)CCCCCCCCCCCCCCCCCCCCC. The van der Waals surface area contributed by atoms with Gasteiger partial charge in [-0.25, -0.2) is 0 Å². The molecule has 4 N–H and O–H groups in total. The molecule has 0 aromatic carbocycles. The van der Waals surface area contributed by atoms with Gasteiger partial charge in [-0.1, -0.05) is 231 Å². The van der Waals surface area contributed by atoms with Gasteiger partial charge in [0, 0.05) is 0 Å². The third-order valence-corrected chi connectivity index (χ3v) is 12.1. The average molecular weight is 800 g/mol. The van der Waals surface area contributed by atoms with E-state index in [1.807, 2.05) is 0 Å². The van der Waals surface area contributed by atoms with Gasteiger partial charge in [0.1, 0.15) is 6.10 Å². The van der Waals surface area contributed by atoms with Crippen molar-refractivity contribution in [3.05, 3.63) is 12.2 Å². The molecule has 1 amide bonds. The summed E-state index contributed by atoms with van der Waals surface area (Å²) in [4.78, 5) is 12.7. The van der Waals surface area contributed by atoms with Crippen LogP contribution in [0.25, 0.3) is 0 Å². The molecule has 0 aliphatic rings. The summed E-state index contributed by atoms with van der Waals surface area (Å²) in [5.41, 5.74) is 0. The molecule has 0 bridgehead atoms. The highest BCUT2D eigenvalue weighted by atomic mass is 32.2. The van der Waals surface area contributed by atoms with E-state index >= 15 is 0 Å². The van der Waals surface area contributed by atoms with Gasteiger partial charge >= 0.3 is 0 Å². The van der Waals surface area contributed by atoms with Gasteiger partial charge < -0.3 is 15.5 Å². The van der Waals surface area contributed by atoms with Crippen LogP contribution in [0.2, 0.25) is 0 Å². The molecule has 0 heterocycles. The summed E-state index contributed by atoms with van der Waals surface area (Å²) < 4.78 is 32.7. The second-order valence-corrected chi connectivity index (χ2v) is 18.4. The number of rotatable bonds is 44. The van der Waals surface area contributed by atoms with Crippen LogP contribution in [0.3, 0.4) is 0 Å². The minimum Gasteiger partial charge on any atom is -0.391 e. The van der Waals surface area contributed by atoms with E-state index in [9.17, 15) is 28.0 Å². The van der Waals surface area contributed by atoms with Crippen molar-refractivity contribution in [3.63, 3.8) is 0 Å². The van der Waals surface area contributed by atoms with Crippen molar-refractivity contribution < 1.29 is 28.0 Å². The van der Waals surface area contributed by atoms with Crippen LogP contribution in [0.4, 0.5) is 0 Å². The summed E-state index contributed by atoms with van der Waals surface area (Å²) in [6.45, 7) is 4.54. The summed E-state index contributed by atoms with van der Waals surface area (Å²) in [7, 11) is -4.41. The summed E-state index contributed by atoms with van der Waals surface area (Å²) in [5, 5.41) is 23.6. The number of hydrogen-bond donors (Lipinski definition) is 4. The number of aliphatic hydroxyl groups excluding tert-OH is 2. The van der Waals surface area contributed by atoms with Crippen molar-refractivity contribution in [3.8, 4) is 0 Å². The van der Waals surface area contributed by atoms with Crippen LogP contribution in [0.5, 0.6) is 0 Å². The Hall–Kier alpha value is -0.960. The fourth-order valence-electron chi connectivity index (χ4n) is 7.63. The van der Waals surface area contributed by atoms with E-state index in [0.29, 0.717) is 19.3 Å². The van der Waals surface area contributed by atoms with Gasteiger partial charge in [-0.15, -0.1) is 0 Å². The monoisotopic (exact) mass is 800 g/mol. The zero-order valence-electron chi connectivity index (χ0n) is 36.4. The van der Waals surface area contributed by atoms with Gasteiger partial charge in [0.25, 0.3) is 10.1 Å². The van der Waals surface area contributed by atoms with E-state index in [4.69, 9.17) is 0 Å². The van der Waals surface area contributed by atoms with Crippen LogP contribution in [-0.2, 0) is 14.9 Å². The molecule has 0 aliphatic carbocycles. The largest absolute Gasteiger partial charge is 0.391 e. The Morgan fingerprint density at radius 2 is 0.764 bits per heavy atom. The lowest BCUT2D eigenvalue weighted by molar-refractivity contribution is -0.131. The minimum atomic E-state index is -4.41. The number of allylic oxidation sites excluding steroid dienone is 2. The number of unbranched alkanes of at least 4 members (excludes halogenated alkanes) is 33. The van der Waals surface area contributed by atoms with Gasteiger partial charge in [0.2, 0.25) is 5.91 Å². The molecule has 0 spiro atoms. The second-order valence-electron chi connectivity index (χ2n) is 16.9. The van der Waals surface area contributed by atoms with E-state index in [2.05, 4.69) is 31.3 Å². The van der Waals surface area contributed by atoms with E-state index in [1.54, 1.807) is 0 Å². The average Bonchev–Trinajstić information content (AvgIpc) is 3.15. The van der Waals surface area contributed by atoms with Crippen molar-refractivity contribution >= 4 is 16.0 Å². The predicted molar refractivity (Wildman–Crippen MR) is 236 cm³/mol. The summed E-state index contributed by atoms with van der Waals surface area (Å²) in [6.07, 6.45) is 48.0. The van der Waals surface area contributed by atoms with Crippen molar-refractivity contribution in [2.45, 2.75) is 276 Å². The van der Waals surface area contributed by atoms with Crippen LogP contribution in [0.15, 0.2) is 12.2 Å². The van der Waals surface area contributed by atoms with Gasteiger partial charge in [-0.05, 0) is 38.5 Å². The molecule has 0 saturated heterocycles. The maximum absolute atomic E-state index is 12.7.